The molecule has 3 N–H and O–H groups in total. The summed E-state index contributed by atoms with van der Waals surface area (Å²) in [5.74, 6) is -4.08. The normalized spacial score (nSPS) is 11.1. The second kappa shape index (κ2) is 16.2. The molecule has 0 aliphatic carbocycles. The number of carboxylic acid groups (broad SMARTS) is 1. The van der Waals surface area contributed by atoms with Crippen LogP contribution in [0.25, 0.3) is 22.0 Å². The number of aliphatic carboxylic acids is 1. The van der Waals surface area contributed by atoms with Gasteiger partial charge in [0.15, 0.2) is 17.9 Å². The smallest absolute Gasteiger partial charge is 0.305 e. The number of rotatable bonds is 8. The summed E-state index contributed by atoms with van der Waals surface area (Å²) in [6.45, 7) is 7.87. The van der Waals surface area contributed by atoms with Crippen LogP contribution >= 0.6 is 0 Å². The Morgan fingerprint density at radius 1 is 1.14 bits per heavy atom. The van der Waals surface area contributed by atoms with Gasteiger partial charge in [0.1, 0.15) is 0 Å². The van der Waals surface area contributed by atoms with Gasteiger partial charge in [0.25, 0.3) is 5.56 Å². The van der Waals surface area contributed by atoms with Crippen LogP contribution in [0.15, 0.2) is 47.5 Å². The Morgan fingerprint density at radius 2 is 1.80 bits per heavy atom. The van der Waals surface area contributed by atoms with Crippen LogP contribution in [0.1, 0.15) is 59.8 Å². The zero-order chi connectivity index (χ0) is 33.1. The molecule has 1 unspecified atom stereocenters. The first kappa shape index (κ1) is 35.5. The maximum Gasteiger partial charge on any atom is 0.305 e. The van der Waals surface area contributed by atoms with Crippen molar-refractivity contribution in [3.8, 4) is 11.1 Å². The minimum absolute atomic E-state index is 0.0888. The van der Waals surface area contributed by atoms with E-state index in [0.29, 0.717) is 17.4 Å². The van der Waals surface area contributed by atoms with E-state index in [1.54, 1.807) is 38.1 Å². The maximum absolute atomic E-state index is 14.7. The van der Waals surface area contributed by atoms with Crippen molar-refractivity contribution in [1.82, 2.24) is 25.0 Å². The van der Waals surface area contributed by atoms with Gasteiger partial charge in [-0.05, 0) is 73.5 Å². The van der Waals surface area contributed by atoms with Crippen molar-refractivity contribution >= 4 is 29.1 Å². The lowest BCUT2D eigenvalue weighted by molar-refractivity contribution is -0.137. The number of fused-ring (bicyclic) bond motifs is 1. The van der Waals surface area contributed by atoms with E-state index in [-0.39, 0.29) is 23.2 Å². The molecule has 12 heteroatoms. The molecule has 236 valence electrons. The quantitative estimate of drug-likeness (QED) is 0.248. The Morgan fingerprint density at radius 3 is 2.36 bits per heavy atom. The average molecular weight is 612 g/mol. The zero-order valence-corrected chi connectivity index (χ0v) is 26.0. The fourth-order valence-corrected chi connectivity index (χ4v) is 4.60. The standard InChI is InChI=1S/C22H24F2N4O3.C7H7NO2.C3H8/c1-11-5-14-10-28(4)27-22(14)12(2)20(11)13-6-15(21(24)16(23)7-13)17(8-19(30)31)26-18(29)9-25-3;1-8-4-2-3-6(5-9)7(8)10;1-3-2/h5-7,10,17,25H,8-9H2,1-4H3,(H,26,29)(H,30,31);2-5H,1H3;3H2,1-2H3. The Balaban J connectivity index is 0.000000432. The first-order chi connectivity index (χ1) is 20.8. The molecule has 2 aromatic carbocycles. The molecule has 10 nitrogen and oxygen atoms in total. The van der Waals surface area contributed by atoms with Gasteiger partial charge in [-0.2, -0.15) is 5.10 Å². The number of hydrogen-bond donors (Lipinski definition) is 3. The number of benzene rings is 2. The molecule has 0 aliphatic heterocycles. The highest BCUT2D eigenvalue weighted by molar-refractivity contribution is 5.90. The SMILES string of the molecule is CCC.CNCC(=O)NC(CC(=O)O)c1cc(-c2c(C)cc3cn(C)nc3c2C)cc(F)c1F.Cn1cccc(C=O)c1=O. The highest BCUT2D eigenvalue weighted by Crippen LogP contribution is 2.35. The van der Waals surface area contributed by atoms with Gasteiger partial charge in [-0.15, -0.1) is 0 Å². The molecule has 4 aromatic rings. The van der Waals surface area contributed by atoms with Crippen LogP contribution < -0.4 is 16.2 Å². The van der Waals surface area contributed by atoms with Crippen molar-refractivity contribution in [2.45, 2.75) is 46.6 Å². The summed E-state index contributed by atoms with van der Waals surface area (Å²) < 4.78 is 32.4. The second-order valence-electron chi connectivity index (χ2n) is 10.2. The molecule has 0 saturated carbocycles. The summed E-state index contributed by atoms with van der Waals surface area (Å²) in [5, 5.41) is 19.7. The van der Waals surface area contributed by atoms with Crippen molar-refractivity contribution in [2.75, 3.05) is 13.6 Å². The van der Waals surface area contributed by atoms with Crippen molar-refractivity contribution in [3.05, 3.63) is 87.0 Å². The predicted molar refractivity (Wildman–Crippen MR) is 166 cm³/mol. The van der Waals surface area contributed by atoms with E-state index in [1.165, 1.54) is 23.1 Å². The number of carbonyl (C=O) groups excluding carboxylic acids is 2. The van der Waals surface area contributed by atoms with E-state index in [9.17, 15) is 33.1 Å². The summed E-state index contributed by atoms with van der Waals surface area (Å²) in [6, 6.07) is 6.31. The first-order valence-electron chi connectivity index (χ1n) is 14.0. The van der Waals surface area contributed by atoms with E-state index < -0.39 is 36.0 Å². The highest BCUT2D eigenvalue weighted by Gasteiger charge is 2.25. The summed E-state index contributed by atoms with van der Waals surface area (Å²) in [5.41, 5.74) is 3.16. The Bertz CT molecular complexity index is 1700. The third kappa shape index (κ3) is 8.90. The van der Waals surface area contributed by atoms with Crippen molar-refractivity contribution in [3.63, 3.8) is 0 Å². The molecule has 0 aliphatic rings. The van der Waals surface area contributed by atoms with Gasteiger partial charge < -0.3 is 20.3 Å². The molecule has 0 saturated heterocycles. The van der Waals surface area contributed by atoms with Crippen LogP contribution in [0.4, 0.5) is 8.78 Å². The number of aromatic nitrogens is 3. The van der Waals surface area contributed by atoms with E-state index in [4.69, 9.17) is 0 Å². The minimum Gasteiger partial charge on any atom is -0.481 e. The molecule has 0 spiro atoms. The first-order valence-corrected chi connectivity index (χ1v) is 14.0. The van der Waals surface area contributed by atoms with Crippen LogP contribution in [0.2, 0.25) is 0 Å². The minimum atomic E-state index is -1.25. The number of carboxylic acids is 1. The lowest BCUT2D eigenvalue weighted by atomic mass is 9.91. The van der Waals surface area contributed by atoms with Crippen LogP contribution in [-0.2, 0) is 23.7 Å². The average Bonchev–Trinajstić information content (AvgIpc) is 3.32. The molecule has 2 aromatic heterocycles. The molecule has 4 rings (SSSR count). The van der Waals surface area contributed by atoms with Gasteiger partial charge in [0.2, 0.25) is 5.91 Å². The van der Waals surface area contributed by atoms with Crippen LogP contribution in [0.3, 0.4) is 0 Å². The fraction of sp³-hybridized carbons (Fsp3) is 0.344. The highest BCUT2D eigenvalue weighted by atomic mass is 19.2. The summed E-state index contributed by atoms with van der Waals surface area (Å²) in [4.78, 5) is 44.5. The lowest BCUT2D eigenvalue weighted by Gasteiger charge is -2.20. The third-order valence-electron chi connectivity index (χ3n) is 6.41. The molecule has 0 bridgehead atoms. The summed E-state index contributed by atoms with van der Waals surface area (Å²) in [6.07, 6.45) is 4.69. The number of carbonyl (C=O) groups is 3. The topological polar surface area (TPSA) is 135 Å². The molecule has 0 fully saturated rings. The third-order valence-corrected chi connectivity index (χ3v) is 6.41. The molecule has 1 amide bonds. The molecular weight excluding hydrogens is 572 g/mol. The van der Waals surface area contributed by atoms with E-state index in [0.717, 1.165) is 28.1 Å². The van der Waals surface area contributed by atoms with Crippen molar-refractivity contribution < 1.29 is 28.3 Å². The van der Waals surface area contributed by atoms with Gasteiger partial charge in [-0.1, -0.05) is 20.3 Å². The lowest BCUT2D eigenvalue weighted by Crippen LogP contribution is -2.36. The van der Waals surface area contributed by atoms with Crippen LogP contribution in [0, 0.1) is 25.5 Å². The number of pyridine rings is 1. The van der Waals surface area contributed by atoms with Crippen LogP contribution in [-0.4, -0.2) is 51.2 Å². The van der Waals surface area contributed by atoms with Gasteiger partial charge in [-0.25, -0.2) is 8.78 Å². The predicted octanol–water partition coefficient (Wildman–Crippen LogP) is 4.60. The number of likely N-dealkylation sites (N-methyl/N-ethyl adjacent to an activating group) is 1. The number of hydrogen-bond acceptors (Lipinski definition) is 6. The Hall–Kier alpha value is -4.71. The molecule has 1 atom stereocenters. The van der Waals surface area contributed by atoms with Gasteiger partial charge in [-0.3, -0.25) is 23.9 Å². The number of halogens is 2. The van der Waals surface area contributed by atoms with Gasteiger partial charge in [0.05, 0.1) is 30.1 Å². The number of aryl methyl sites for hydroxylation is 4. The van der Waals surface area contributed by atoms with Gasteiger partial charge >= 0.3 is 5.97 Å². The van der Waals surface area contributed by atoms with Crippen molar-refractivity contribution in [1.29, 1.82) is 0 Å². The Labute approximate surface area is 254 Å². The van der Waals surface area contributed by atoms with Gasteiger partial charge in [0, 0.05) is 37.4 Å². The maximum atomic E-state index is 14.7. The fourth-order valence-electron chi connectivity index (χ4n) is 4.60. The van der Waals surface area contributed by atoms with E-state index in [2.05, 4.69) is 29.6 Å². The van der Waals surface area contributed by atoms with E-state index in [1.807, 2.05) is 26.1 Å². The van der Waals surface area contributed by atoms with Crippen LogP contribution in [0.5, 0.6) is 0 Å². The number of nitrogens with zero attached hydrogens (tertiary/aromatic N) is 3. The van der Waals surface area contributed by atoms with E-state index >= 15 is 0 Å². The molecule has 0 radical (unpaired) electrons. The second-order valence-corrected chi connectivity index (χ2v) is 10.2. The molecular formula is C32H39F2N5O5. The number of amides is 1. The molecule has 44 heavy (non-hydrogen) atoms. The zero-order valence-electron chi connectivity index (χ0n) is 26.0. The number of aldehydes is 1. The molecule has 2 heterocycles. The van der Waals surface area contributed by atoms with Crippen molar-refractivity contribution in [2.24, 2.45) is 14.1 Å². The summed E-state index contributed by atoms with van der Waals surface area (Å²) >= 11 is 0. The monoisotopic (exact) mass is 611 g/mol. The summed E-state index contributed by atoms with van der Waals surface area (Å²) in [7, 11) is 4.95. The largest absolute Gasteiger partial charge is 0.481 e. The Kier molecular flexibility index (Phi) is 13.1. The number of nitrogens with one attached hydrogen (secondary N) is 2.